The molecule has 1 aliphatic rings. The summed E-state index contributed by atoms with van der Waals surface area (Å²) in [6.07, 6.45) is 4.21. The number of anilines is 2. The van der Waals surface area contributed by atoms with E-state index in [9.17, 15) is 4.79 Å². The van der Waals surface area contributed by atoms with Crippen LogP contribution in [0.15, 0.2) is 72.9 Å². The van der Waals surface area contributed by atoms with E-state index >= 15 is 0 Å². The predicted octanol–water partition coefficient (Wildman–Crippen LogP) is 5.93. The third-order valence-electron chi connectivity index (χ3n) is 5.35. The highest BCUT2D eigenvalue weighted by Gasteiger charge is 2.14. The highest BCUT2D eigenvalue weighted by Crippen LogP contribution is 2.28. The molecule has 1 aromatic heterocycles. The van der Waals surface area contributed by atoms with Crippen molar-refractivity contribution in [1.29, 1.82) is 0 Å². The van der Waals surface area contributed by atoms with Gasteiger partial charge < -0.3 is 15.0 Å². The smallest absolute Gasteiger partial charge is 0.255 e. The molecule has 6 nitrogen and oxygen atoms in total. The highest BCUT2D eigenvalue weighted by atomic mass is 35.5. The Hall–Kier alpha value is -3.64. The van der Waals surface area contributed by atoms with Gasteiger partial charge in [-0.25, -0.2) is 4.98 Å². The van der Waals surface area contributed by atoms with E-state index in [4.69, 9.17) is 21.3 Å². The Morgan fingerprint density at radius 2 is 1.75 bits per heavy atom. The van der Waals surface area contributed by atoms with Gasteiger partial charge in [0.1, 0.15) is 17.3 Å². The summed E-state index contributed by atoms with van der Waals surface area (Å²) < 4.78 is 6.05. The summed E-state index contributed by atoms with van der Waals surface area (Å²) in [4.78, 5) is 24.1. The summed E-state index contributed by atoms with van der Waals surface area (Å²) in [5.41, 5.74) is 2.73. The molecular formula is C25H21ClN4O2. The lowest BCUT2D eigenvalue weighted by atomic mass is 10.2. The summed E-state index contributed by atoms with van der Waals surface area (Å²) in [6, 6.07) is 19.7. The van der Waals surface area contributed by atoms with Crippen LogP contribution in [0, 0.1) is 0 Å². The number of nitrogens with zero attached hydrogens (tertiary/aromatic N) is 3. The molecule has 1 aliphatic heterocycles. The SMILES string of the molecule is O=C(Nc1cccc(Oc2ccc3ncc(N4CCCC4)nc3c2)c1)c1cccc(Cl)c1. The lowest BCUT2D eigenvalue weighted by Gasteiger charge is -2.16. The molecule has 4 aromatic rings. The van der Waals surface area contributed by atoms with Crippen molar-refractivity contribution in [3.63, 3.8) is 0 Å². The van der Waals surface area contributed by atoms with Crippen LogP contribution in [0.5, 0.6) is 11.5 Å². The lowest BCUT2D eigenvalue weighted by molar-refractivity contribution is 0.102. The zero-order chi connectivity index (χ0) is 21.9. The topological polar surface area (TPSA) is 67.3 Å². The molecule has 160 valence electrons. The minimum atomic E-state index is -0.236. The van der Waals surface area contributed by atoms with Gasteiger partial charge in [0.05, 0.1) is 17.2 Å². The summed E-state index contributed by atoms with van der Waals surface area (Å²) in [5, 5.41) is 3.39. The molecule has 0 unspecified atom stereocenters. The van der Waals surface area contributed by atoms with Crippen molar-refractivity contribution < 1.29 is 9.53 Å². The summed E-state index contributed by atoms with van der Waals surface area (Å²) in [7, 11) is 0. The van der Waals surface area contributed by atoms with Crippen LogP contribution >= 0.6 is 11.6 Å². The van der Waals surface area contributed by atoms with Gasteiger partial charge in [0, 0.05) is 41.5 Å². The standard InChI is InChI=1S/C25H21ClN4O2/c26-18-6-3-5-17(13-18)25(31)28-19-7-4-8-20(14-19)32-21-9-10-22-23(15-21)29-24(16-27-22)30-11-1-2-12-30/h3-10,13-16H,1-2,11-12H2,(H,28,31). The lowest BCUT2D eigenvalue weighted by Crippen LogP contribution is -2.19. The summed E-state index contributed by atoms with van der Waals surface area (Å²) in [5.74, 6) is 1.93. The number of benzene rings is 3. The first-order chi connectivity index (χ1) is 15.6. The average molecular weight is 445 g/mol. The largest absolute Gasteiger partial charge is 0.457 e. The number of hydrogen-bond acceptors (Lipinski definition) is 5. The number of aromatic nitrogens is 2. The zero-order valence-electron chi connectivity index (χ0n) is 17.3. The van der Waals surface area contributed by atoms with E-state index in [1.54, 1.807) is 30.3 Å². The summed E-state index contributed by atoms with van der Waals surface area (Å²) in [6.45, 7) is 2.04. The maximum absolute atomic E-state index is 12.5. The Kier molecular flexibility index (Phi) is 5.60. The Balaban J connectivity index is 1.34. The molecule has 1 N–H and O–H groups in total. The number of rotatable bonds is 5. The molecule has 2 heterocycles. The Labute approximate surface area is 190 Å². The molecule has 1 saturated heterocycles. The van der Waals surface area contributed by atoms with E-state index in [0.29, 0.717) is 27.8 Å². The zero-order valence-corrected chi connectivity index (χ0v) is 18.0. The van der Waals surface area contributed by atoms with Crippen LogP contribution in [-0.4, -0.2) is 29.0 Å². The van der Waals surface area contributed by atoms with Gasteiger partial charge in [0.2, 0.25) is 0 Å². The normalized spacial score (nSPS) is 13.3. The molecule has 0 aliphatic carbocycles. The van der Waals surface area contributed by atoms with Crippen molar-refractivity contribution in [2.45, 2.75) is 12.8 Å². The van der Waals surface area contributed by atoms with Gasteiger partial charge in [-0.2, -0.15) is 0 Å². The quantitative estimate of drug-likeness (QED) is 0.413. The van der Waals surface area contributed by atoms with Crippen LogP contribution in [0.3, 0.4) is 0 Å². The van der Waals surface area contributed by atoms with Gasteiger partial charge in [0.15, 0.2) is 0 Å². The van der Waals surface area contributed by atoms with Crippen LogP contribution < -0.4 is 15.0 Å². The number of hydrogen-bond donors (Lipinski definition) is 1. The van der Waals surface area contributed by atoms with E-state index in [2.05, 4.69) is 15.2 Å². The third kappa shape index (κ3) is 4.50. The number of halogens is 1. The number of amides is 1. The minimum Gasteiger partial charge on any atom is -0.457 e. The maximum atomic E-state index is 12.5. The molecule has 32 heavy (non-hydrogen) atoms. The van der Waals surface area contributed by atoms with Crippen LogP contribution in [0.1, 0.15) is 23.2 Å². The van der Waals surface area contributed by atoms with Crippen molar-refractivity contribution in [2.75, 3.05) is 23.3 Å². The molecule has 0 bridgehead atoms. The number of carbonyl (C=O) groups excluding carboxylic acids is 1. The highest BCUT2D eigenvalue weighted by molar-refractivity contribution is 6.31. The van der Waals surface area contributed by atoms with Crippen molar-refractivity contribution in [3.8, 4) is 11.5 Å². The number of fused-ring (bicyclic) bond motifs is 1. The predicted molar refractivity (Wildman–Crippen MR) is 127 cm³/mol. The Morgan fingerprint density at radius 3 is 2.59 bits per heavy atom. The van der Waals surface area contributed by atoms with Gasteiger partial charge in [0.25, 0.3) is 5.91 Å². The fraction of sp³-hybridized carbons (Fsp3) is 0.160. The van der Waals surface area contributed by atoms with E-state index < -0.39 is 0 Å². The first-order valence-electron chi connectivity index (χ1n) is 10.5. The van der Waals surface area contributed by atoms with Gasteiger partial charge in [-0.15, -0.1) is 0 Å². The first kappa shape index (κ1) is 20.3. The molecule has 0 radical (unpaired) electrons. The molecule has 1 fully saturated rings. The molecule has 0 saturated carbocycles. The van der Waals surface area contributed by atoms with Crippen LogP contribution in [-0.2, 0) is 0 Å². The first-order valence-corrected chi connectivity index (χ1v) is 10.9. The average Bonchev–Trinajstić information content (AvgIpc) is 3.34. The monoisotopic (exact) mass is 444 g/mol. The van der Waals surface area contributed by atoms with E-state index in [1.807, 2.05) is 42.6 Å². The number of carbonyl (C=O) groups is 1. The Bertz CT molecular complexity index is 1290. The minimum absolute atomic E-state index is 0.236. The van der Waals surface area contributed by atoms with Crippen LogP contribution in [0.25, 0.3) is 11.0 Å². The fourth-order valence-corrected chi connectivity index (χ4v) is 3.94. The van der Waals surface area contributed by atoms with Gasteiger partial charge >= 0.3 is 0 Å². The Morgan fingerprint density at radius 1 is 0.938 bits per heavy atom. The van der Waals surface area contributed by atoms with Crippen LogP contribution in [0.4, 0.5) is 11.5 Å². The molecule has 0 spiro atoms. The molecule has 5 rings (SSSR count). The second kappa shape index (κ2) is 8.85. The second-order valence-corrected chi connectivity index (χ2v) is 8.10. The molecule has 1 amide bonds. The van der Waals surface area contributed by atoms with E-state index in [0.717, 1.165) is 29.9 Å². The molecule has 0 atom stereocenters. The maximum Gasteiger partial charge on any atom is 0.255 e. The van der Waals surface area contributed by atoms with Crippen molar-refractivity contribution in [1.82, 2.24) is 9.97 Å². The molecular weight excluding hydrogens is 424 g/mol. The van der Waals surface area contributed by atoms with Crippen molar-refractivity contribution in [2.24, 2.45) is 0 Å². The number of ether oxygens (including phenoxy) is 1. The van der Waals surface area contributed by atoms with E-state index in [1.165, 1.54) is 12.8 Å². The fourth-order valence-electron chi connectivity index (χ4n) is 3.75. The van der Waals surface area contributed by atoms with Crippen LogP contribution in [0.2, 0.25) is 5.02 Å². The van der Waals surface area contributed by atoms with Crippen molar-refractivity contribution >= 4 is 40.0 Å². The van der Waals surface area contributed by atoms with Gasteiger partial charge in [-0.05, 0) is 55.3 Å². The number of nitrogens with one attached hydrogen (secondary N) is 1. The molecule has 7 heteroatoms. The molecule has 3 aromatic carbocycles. The summed E-state index contributed by atoms with van der Waals surface area (Å²) >= 11 is 5.98. The third-order valence-corrected chi connectivity index (χ3v) is 5.58. The van der Waals surface area contributed by atoms with E-state index in [-0.39, 0.29) is 5.91 Å². The van der Waals surface area contributed by atoms with Crippen molar-refractivity contribution in [3.05, 3.63) is 83.5 Å². The second-order valence-electron chi connectivity index (χ2n) is 7.67. The van der Waals surface area contributed by atoms with Gasteiger partial charge in [-0.3, -0.25) is 9.78 Å². The van der Waals surface area contributed by atoms with Gasteiger partial charge in [-0.1, -0.05) is 23.7 Å².